The number of likely N-dealkylation sites (tertiary alicyclic amines) is 1. The average Bonchev–Trinajstić information content (AvgIpc) is 2.36. The number of piperidine rings is 1. The number of rotatable bonds is 6. The number of esters is 2. The molecule has 0 aliphatic carbocycles. The summed E-state index contributed by atoms with van der Waals surface area (Å²) >= 11 is 6.30. The summed E-state index contributed by atoms with van der Waals surface area (Å²) in [6.07, 6.45) is 2.45. The first kappa shape index (κ1) is 17.2. The zero-order chi connectivity index (χ0) is 15.1. The van der Waals surface area contributed by atoms with Gasteiger partial charge < -0.3 is 9.47 Å². The van der Waals surface area contributed by atoms with E-state index >= 15 is 0 Å². The Bertz CT molecular complexity index is 337. The number of hydrogen-bond donors (Lipinski definition) is 0. The van der Waals surface area contributed by atoms with Crippen LogP contribution in [-0.4, -0.2) is 54.1 Å². The SMILES string of the molecule is CCCCN1C[C@H](Cl)C(OC(C)=O)CC1COC(C)=O. The molecule has 0 saturated carbocycles. The van der Waals surface area contributed by atoms with Crippen LogP contribution in [0.15, 0.2) is 0 Å². The van der Waals surface area contributed by atoms with Gasteiger partial charge in [-0.05, 0) is 13.0 Å². The lowest BCUT2D eigenvalue weighted by atomic mass is 9.98. The number of carbonyl (C=O) groups is 2. The molecular formula is C14H24ClNO4. The molecule has 116 valence electrons. The molecular weight excluding hydrogens is 282 g/mol. The van der Waals surface area contributed by atoms with Gasteiger partial charge in [0.2, 0.25) is 0 Å². The number of unbranched alkanes of at least 4 members (excludes halogenated alkanes) is 1. The molecule has 1 aliphatic heterocycles. The van der Waals surface area contributed by atoms with Gasteiger partial charge in [-0.1, -0.05) is 13.3 Å². The van der Waals surface area contributed by atoms with E-state index in [1.54, 1.807) is 0 Å². The maximum Gasteiger partial charge on any atom is 0.302 e. The van der Waals surface area contributed by atoms with Crippen molar-refractivity contribution in [2.45, 2.75) is 57.6 Å². The molecule has 0 amide bonds. The summed E-state index contributed by atoms with van der Waals surface area (Å²) in [6.45, 7) is 6.79. The molecule has 0 radical (unpaired) electrons. The minimum Gasteiger partial charge on any atom is -0.464 e. The third-order valence-electron chi connectivity index (χ3n) is 3.43. The van der Waals surface area contributed by atoms with E-state index in [0.29, 0.717) is 19.6 Å². The summed E-state index contributed by atoms with van der Waals surface area (Å²) in [5, 5.41) is -0.218. The van der Waals surface area contributed by atoms with Crippen LogP contribution in [0.25, 0.3) is 0 Å². The van der Waals surface area contributed by atoms with Crippen molar-refractivity contribution in [1.82, 2.24) is 4.90 Å². The summed E-state index contributed by atoms with van der Waals surface area (Å²) in [5.74, 6) is -0.619. The van der Waals surface area contributed by atoms with Gasteiger partial charge in [-0.15, -0.1) is 11.6 Å². The molecule has 2 unspecified atom stereocenters. The molecule has 1 fully saturated rings. The zero-order valence-corrected chi connectivity index (χ0v) is 13.2. The number of halogens is 1. The number of ether oxygens (including phenoxy) is 2. The Morgan fingerprint density at radius 3 is 2.55 bits per heavy atom. The first-order valence-electron chi connectivity index (χ1n) is 7.12. The quantitative estimate of drug-likeness (QED) is 0.554. The molecule has 0 bridgehead atoms. The second-order valence-electron chi connectivity index (χ2n) is 5.20. The Balaban J connectivity index is 2.64. The average molecular weight is 306 g/mol. The van der Waals surface area contributed by atoms with E-state index in [-0.39, 0.29) is 29.5 Å². The Labute approximate surface area is 125 Å². The molecule has 1 aliphatic rings. The fraction of sp³-hybridized carbons (Fsp3) is 0.857. The van der Waals surface area contributed by atoms with Crippen molar-refractivity contribution in [3.05, 3.63) is 0 Å². The van der Waals surface area contributed by atoms with Crippen molar-refractivity contribution in [3.63, 3.8) is 0 Å². The van der Waals surface area contributed by atoms with Crippen molar-refractivity contribution < 1.29 is 19.1 Å². The maximum absolute atomic E-state index is 11.1. The van der Waals surface area contributed by atoms with Crippen LogP contribution in [-0.2, 0) is 19.1 Å². The van der Waals surface area contributed by atoms with Crippen LogP contribution < -0.4 is 0 Å². The Hall–Kier alpha value is -0.810. The smallest absolute Gasteiger partial charge is 0.302 e. The highest BCUT2D eigenvalue weighted by atomic mass is 35.5. The molecule has 1 heterocycles. The summed E-state index contributed by atoms with van der Waals surface area (Å²) in [5.41, 5.74) is 0. The lowest BCUT2D eigenvalue weighted by molar-refractivity contribution is -0.152. The topological polar surface area (TPSA) is 55.8 Å². The van der Waals surface area contributed by atoms with E-state index in [0.717, 1.165) is 19.4 Å². The van der Waals surface area contributed by atoms with Crippen LogP contribution in [0.5, 0.6) is 0 Å². The highest BCUT2D eigenvalue weighted by Gasteiger charge is 2.36. The molecule has 1 rings (SSSR count). The van der Waals surface area contributed by atoms with E-state index in [9.17, 15) is 9.59 Å². The number of hydrogen-bond acceptors (Lipinski definition) is 5. The van der Waals surface area contributed by atoms with Gasteiger partial charge in [0.1, 0.15) is 12.7 Å². The standard InChI is InChI=1S/C14H24ClNO4/c1-4-5-6-16-8-13(15)14(20-11(3)18)7-12(16)9-19-10(2)17/h12-14H,4-9H2,1-3H3/t12?,13-,14?/m0/s1. The first-order valence-corrected chi connectivity index (χ1v) is 7.56. The van der Waals surface area contributed by atoms with Crippen molar-refractivity contribution in [2.75, 3.05) is 19.7 Å². The molecule has 6 heteroatoms. The largest absolute Gasteiger partial charge is 0.464 e. The number of alkyl halides is 1. The van der Waals surface area contributed by atoms with Crippen LogP contribution in [0.2, 0.25) is 0 Å². The van der Waals surface area contributed by atoms with Gasteiger partial charge in [0.15, 0.2) is 0 Å². The Morgan fingerprint density at radius 2 is 2.00 bits per heavy atom. The van der Waals surface area contributed by atoms with E-state index in [1.165, 1.54) is 13.8 Å². The van der Waals surface area contributed by atoms with Crippen LogP contribution in [0.1, 0.15) is 40.0 Å². The minimum absolute atomic E-state index is 0.0600. The minimum atomic E-state index is -0.325. The molecule has 0 aromatic carbocycles. The molecule has 5 nitrogen and oxygen atoms in total. The fourth-order valence-electron chi connectivity index (χ4n) is 2.41. The van der Waals surface area contributed by atoms with Crippen LogP contribution in [0.3, 0.4) is 0 Å². The lowest BCUT2D eigenvalue weighted by Crippen LogP contribution is -2.53. The number of carbonyl (C=O) groups excluding carboxylic acids is 2. The zero-order valence-electron chi connectivity index (χ0n) is 12.4. The summed E-state index contributed by atoms with van der Waals surface area (Å²) < 4.78 is 10.4. The molecule has 0 spiro atoms. The maximum atomic E-state index is 11.1. The van der Waals surface area contributed by atoms with Gasteiger partial charge in [0, 0.05) is 32.9 Å². The van der Waals surface area contributed by atoms with Gasteiger partial charge in [-0.3, -0.25) is 14.5 Å². The summed E-state index contributed by atoms with van der Waals surface area (Å²) in [6, 6.07) is 0.0600. The summed E-state index contributed by atoms with van der Waals surface area (Å²) in [4.78, 5) is 24.3. The first-order chi connectivity index (χ1) is 9.43. The van der Waals surface area contributed by atoms with Gasteiger partial charge in [0.05, 0.1) is 5.38 Å². The highest BCUT2D eigenvalue weighted by Crippen LogP contribution is 2.25. The predicted octanol–water partition coefficient (Wildman–Crippen LogP) is 1.96. The Morgan fingerprint density at radius 1 is 1.30 bits per heavy atom. The van der Waals surface area contributed by atoms with Crippen LogP contribution >= 0.6 is 11.6 Å². The van der Waals surface area contributed by atoms with E-state index in [2.05, 4.69) is 11.8 Å². The van der Waals surface area contributed by atoms with E-state index < -0.39 is 0 Å². The van der Waals surface area contributed by atoms with Crippen molar-refractivity contribution >= 4 is 23.5 Å². The lowest BCUT2D eigenvalue weighted by Gasteiger charge is -2.41. The van der Waals surface area contributed by atoms with Crippen molar-refractivity contribution in [2.24, 2.45) is 0 Å². The van der Waals surface area contributed by atoms with Gasteiger partial charge >= 0.3 is 11.9 Å². The van der Waals surface area contributed by atoms with E-state index in [4.69, 9.17) is 21.1 Å². The van der Waals surface area contributed by atoms with Crippen molar-refractivity contribution in [3.8, 4) is 0 Å². The van der Waals surface area contributed by atoms with Crippen LogP contribution in [0.4, 0.5) is 0 Å². The molecule has 20 heavy (non-hydrogen) atoms. The molecule has 3 atom stereocenters. The second kappa shape index (κ2) is 8.47. The third kappa shape index (κ3) is 5.67. The second-order valence-corrected chi connectivity index (χ2v) is 5.77. The molecule has 0 aromatic heterocycles. The fourth-order valence-corrected chi connectivity index (χ4v) is 2.74. The van der Waals surface area contributed by atoms with Gasteiger partial charge in [0.25, 0.3) is 0 Å². The van der Waals surface area contributed by atoms with Crippen LogP contribution in [0, 0.1) is 0 Å². The molecule has 1 saturated heterocycles. The van der Waals surface area contributed by atoms with Crippen molar-refractivity contribution in [1.29, 1.82) is 0 Å². The van der Waals surface area contributed by atoms with Gasteiger partial charge in [-0.2, -0.15) is 0 Å². The molecule has 0 aromatic rings. The predicted molar refractivity (Wildman–Crippen MR) is 76.7 cm³/mol. The Kier molecular flexibility index (Phi) is 7.30. The summed E-state index contributed by atoms with van der Waals surface area (Å²) in [7, 11) is 0. The molecule has 0 N–H and O–H groups in total. The van der Waals surface area contributed by atoms with E-state index in [1.807, 2.05) is 0 Å². The van der Waals surface area contributed by atoms with Gasteiger partial charge in [-0.25, -0.2) is 0 Å². The third-order valence-corrected chi connectivity index (χ3v) is 3.85. The number of nitrogens with zero attached hydrogens (tertiary/aromatic N) is 1. The highest BCUT2D eigenvalue weighted by molar-refractivity contribution is 6.21. The monoisotopic (exact) mass is 305 g/mol. The normalized spacial score (nSPS) is 27.1.